The number of carbonyl (C=O) groups is 2. The van der Waals surface area contributed by atoms with Crippen LogP contribution < -0.4 is 21.7 Å². The van der Waals surface area contributed by atoms with Gasteiger partial charge in [-0.25, -0.2) is 9.59 Å². The first-order chi connectivity index (χ1) is 10.2. The molecule has 30 heavy (non-hydrogen) atoms. The van der Waals surface area contributed by atoms with Crippen molar-refractivity contribution in [2.75, 3.05) is 11.5 Å². The van der Waals surface area contributed by atoms with Crippen LogP contribution in [0.3, 0.4) is 0 Å². The van der Waals surface area contributed by atoms with Crippen molar-refractivity contribution in [1.29, 1.82) is 0 Å². The Labute approximate surface area is 199 Å². The van der Waals surface area contributed by atoms with Gasteiger partial charge in [-0.05, 0) is 36.4 Å². The SMILES string of the molecule is Nc1ccc(C(=O)O)c([O-])c1.Nc1ccc(C(=O)O)c([O-])c1.O.O.O.O.O.O.O.[Ca+2]. The molecule has 0 aliphatic carbocycles. The van der Waals surface area contributed by atoms with Crippen LogP contribution in [0.5, 0.6) is 11.5 Å². The number of nitrogens with two attached hydrogens (primary N) is 2. The molecular weight excluding hydrogens is 444 g/mol. The maximum atomic E-state index is 10.8. The van der Waals surface area contributed by atoms with Crippen LogP contribution in [0.25, 0.3) is 0 Å². The van der Waals surface area contributed by atoms with Gasteiger partial charge in [0.05, 0.1) is 11.1 Å². The van der Waals surface area contributed by atoms with Gasteiger partial charge in [-0.3, -0.25) is 0 Å². The fourth-order valence-electron chi connectivity index (χ4n) is 1.43. The van der Waals surface area contributed by atoms with Gasteiger partial charge < -0.3 is 70.2 Å². The molecule has 0 aliphatic rings. The summed E-state index contributed by atoms with van der Waals surface area (Å²) in [6, 6.07) is 7.32. The van der Waals surface area contributed by atoms with Crippen molar-refractivity contribution in [3.05, 3.63) is 47.5 Å². The Hall–Kier alpha value is -2.44. The molecule has 0 saturated heterocycles. The van der Waals surface area contributed by atoms with Gasteiger partial charge in [0.1, 0.15) is 0 Å². The molecule has 0 radical (unpaired) electrons. The number of hydrogen-bond acceptors (Lipinski definition) is 6. The average Bonchev–Trinajstić information content (AvgIpc) is 2.38. The van der Waals surface area contributed by atoms with Crippen molar-refractivity contribution >= 4 is 61.1 Å². The molecule has 0 amide bonds. The van der Waals surface area contributed by atoms with Gasteiger partial charge in [0, 0.05) is 11.4 Å². The van der Waals surface area contributed by atoms with Gasteiger partial charge in [-0.1, -0.05) is 11.5 Å². The molecule has 0 aromatic heterocycles. The number of rotatable bonds is 2. The van der Waals surface area contributed by atoms with Crippen molar-refractivity contribution in [2.45, 2.75) is 0 Å². The fraction of sp³-hybridized carbons (Fsp3) is 0. The first-order valence-electron chi connectivity index (χ1n) is 5.82. The molecular formula is C14H26CaN2O13. The Kier molecular flexibility index (Phi) is 38.7. The molecule has 16 heteroatoms. The third kappa shape index (κ3) is 15.5. The molecule has 0 bridgehead atoms. The number of carboxylic acids is 2. The summed E-state index contributed by atoms with van der Waals surface area (Å²) in [5, 5.41) is 38.5. The first-order valence-corrected chi connectivity index (χ1v) is 5.82. The minimum absolute atomic E-state index is 0. The van der Waals surface area contributed by atoms with E-state index < -0.39 is 23.4 Å². The number of benzene rings is 2. The topological polar surface area (TPSA) is 393 Å². The van der Waals surface area contributed by atoms with Gasteiger partial charge in [0.2, 0.25) is 0 Å². The van der Waals surface area contributed by atoms with Gasteiger partial charge in [-0.15, -0.1) is 0 Å². The van der Waals surface area contributed by atoms with E-state index in [1.165, 1.54) is 24.3 Å². The summed E-state index contributed by atoms with van der Waals surface area (Å²) in [7, 11) is 0. The minimum Gasteiger partial charge on any atom is -0.872 e. The average molecular weight is 470 g/mol. The van der Waals surface area contributed by atoms with Crippen molar-refractivity contribution in [3.8, 4) is 11.5 Å². The van der Waals surface area contributed by atoms with E-state index in [4.69, 9.17) is 21.7 Å². The Morgan fingerprint density at radius 2 is 0.867 bits per heavy atom. The van der Waals surface area contributed by atoms with Crippen LogP contribution >= 0.6 is 0 Å². The molecule has 2 aromatic carbocycles. The van der Waals surface area contributed by atoms with Crippen molar-refractivity contribution in [1.82, 2.24) is 0 Å². The number of aromatic carboxylic acids is 2. The van der Waals surface area contributed by atoms with Crippen LogP contribution in [0.15, 0.2) is 36.4 Å². The van der Waals surface area contributed by atoms with Crippen LogP contribution in [0.1, 0.15) is 20.7 Å². The fourth-order valence-corrected chi connectivity index (χ4v) is 1.43. The Morgan fingerprint density at radius 3 is 1.03 bits per heavy atom. The molecule has 0 aliphatic heterocycles. The second-order valence-electron chi connectivity index (χ2n) is 4.12. The summed E-state index contributed by atoms with van der Waals surface area (Å²) in [6.45, 7) is 0. The van der Waals surface area contributed by atoms with E-state index in [-0.39, 0.29) is 98.6 Å². The van der Waals surface area contributed by atoms with E-state index >= 15 is 0 Å². The van der Waals surface area contributed by atoms with Crippen LogP contribution in [0, 0.1) is 0 Å². The maximum absolute atomic E-state index is 10.8. The quantitative estimate of drug-likeness (QED) is 0.241. The second kappa shape index (κ2) is 22.8. The Balaban J connectivity index is -0.0000000425. The molecule has 0 atom stereocenters. The van der Waals surface area contributed by atoms with Crippen molar-refractivity contribution in [2.24, 2.45) is 0 Å². The molecule has 0 saturated carbocycles. The molecule has 2 aromatic rings. The smallest absolute Gasteiger partial charge is 0.872 e. The van der Waals surface area contributed by atoms with Gasteiger partial charge >= 0.3 is 49.7 Å². The second-order valence-corrected chi connectivity index (χ2v) is 4.12. The zero-order valence-electron chi connectivity index (χ0n) is 15.4. The van der Waals surface area contributed by atoms with Crippen LogP contribution in [-0.2, 0) is 0 Å². The molecule has 20 N–H and O–H groups in total. The normalized spacial score (nSPS) is 6.93. The standard InChI is InChI=1S/2C7H7NO3.Ca.7H2O/c2*8-4-1-2-5(7(10)11)6(9)3-4;;;;;;;;/h2*1-3,9H,8H2,(H,10,11);;7*1H2/q;;+2;;;;;;;/p-2. The van der Waals surface area contributed by atoms with Crippen LogP contribution in [-0.4, -0.2) is 98.2 Å². The minimum atomic E-state index is -1.23. The summed E-state index contributed by atoms with van der Waals surface area (Å²) < 4.78 is 0. The van der Waals surface area contributed by atoms with E-state index in [9.17, 15) is 19.8 Å². The summed E-state index contributed by atoms with van der Waals surface area (Å²) in [5.74, 6) is -3.57. The number of nitrogen functional groups attached to an aromatic ring is 2. The molecule has 172 valence electrons. The van der Waals surface area contributed by atoms with E-state index in [2.05, 4.69) is 0 Å². The summed E-state index contributed by atoms with van der Waals surface area (Å²) in [4.78, 5) is 20.6. The zero-order valence-corrected chi connectivity index (χ0v) is 17.6. The predicted octanol–water partition coefficient (Wildman–Crippen LogP) is -6.07. The van der Waals surface area contributed by atoms with E-state index in [0.717, 1.165) is 12.1 Å². The predicted molar refractivity (Wildman–Crippen MR) is 106 cm³/mol. The molecule has 0 heterocycles. The van der Waals surface area contributed by atoms with Crippen molar-refractivity contribution in [3.63, 3.8) is 0 Å². The van der Waals surface area contributed by atoms with Crippen LogP contribution in [0.4, 0.5) is 11.4 Å². The summed E-state index contributed by atoms with van der Waals surface area (Å²) in [5.41, 5.74) is 10.5. The third-order valence-corrected chi connectivity index (χ3v) is 2.47. The molecule has 2 rings (SSSR count). The van der Waals surface area contributed by atoms with Gasteiger partial charge in [-0.2, -0.15) is 0 Å². The number of carboxylic acid groups (broad SMARTS) is 2. The number of hydrogen-bond donors (Lipinski definition) is 4. The monoisotopic (exact) mass is 470 g/mol. The third-order valence-electron chi connectivity index (χ3n) is 2.47. The molecule has 15 nitrogen and oxygen atoms in total. The van der Waals surface area contributed by atoms with Crippen molar-refractivity contribution < 1.29 is 68.3 Å². The molecule has 0 fully saturated rings. The van der Waals surface area contributed by atoms with E-state index in [0.29, 0.717) is 0 Å². The Morgan fingerprint density at radius 1 is 0.633 bits per heavy atom. The largest absolute Gasteiger partial charge is 2.00 e. The summed E-state index contributed by atoms with van der Waals surface area (Å²) >= 11 is 0. The first kappa shape index (κ1) is 50.8. The van der Waals surface area contributed by atoms with E-state index in [1.807, 2.05) is 0 Å². The molecule has 0 spiro atoms. The molecule has 0 unspecified atom stereocenters. The Bertz CT molecular complexity index is 669. The number of anilines is 2. The van der Waals surface area contributed by atoms with Crippen LogP contribution in [0.2, 0.25) is 0 Å². The zero-order chi connectivity index (χ0) is 16.9. The van der Waals surface area contributed by atoms with E-state index in [1.54, 1.807) is 0 Å². The van der Waals surface area contributed by atoms with Gasteiger partial charge in [0.25, 0.3) is 0 Å². The maximum Gasteiger partial charge on any atom is 2.00 e. The summed E-state index contributed by atoms with van der Waals surface area (Å²) in [6.07, 6.45) is 0. The van der Waals surface area contributed by atoms with Gasteiger partial charge in [0.15, 0.2) is 0 Å².